The van der Waals surface area contributed by atoms with Gasteiger partial charge < -0.3 is 15.7 Å². The van der Waals surface area contributed by atoms with Crippen LogP contribution in [0.5, 0.6) is 0 Å². The number of fused-ring (bicyclic) bond motifs is 4. The summed E-state index contributed by atoms with van der Waals surface area (Å²) in [4.78, 5) is 31.9. The van der Waals surface area contributed by atoms with Gasteiger partial charge in [0.2, 0.25) is 15.9 Å². The maximum Gasteiger partial charge on any atom is 0.435 e. The second-order valence-corrected chi connectivity index (χ2v) is 21.8. The Morgan fingerprint density at radius 1 is 0.971 bits per heavy atom. The van der Waals surface area contributed by atoms with Crippen LogP contribution in [0.15, 0.2) is 42.5 Å². The number of nitrogens with one attached hydrogen (secondary N) is 2. The molecule has 376 valence electrons. The van der Waals surface area contributed by atoms with Crippen LogP contribution in [0.2, 0.25) is 5.02 Å². The van der Waals surface area contributed by atoms with Crippen molar-refractivity contribution in [3.05, 3.63) is 93.0 Å². The Labute approximate surface area is 396 Å². The van der Waals surface area contributed by atoms with Crippen molar-refractivity contribution in [1.29, 1.82) is 0 Å². The summed E-state index contributed by atoms with van der Waals surface area (Å²) in [5.41, 5.74) is -5.93. The van der Waals surface area contributed by atoms with Crippen molar-refractivity contribution in [2.45, 2.75) is 74.8 Å². The molecule has 28 heteroatoms. The number of rotatable bonds is 13. The van der Waals surface area contributed by atoms with Crippen molar-refractivity contribution in [1.82, 2.24) is 35.2 Å². The van der Waals surface area contributed by atoms with Gasteiger partial charge in [-0.15, -0.1) is 0 Å². The number of alkyl halides is 8. The van der Waals surface area contributed by atoms with Crippen LogP contribution >= 0.6 is 11.6 Å². The number of halogens is 11. The number of anilines is 1. The molecule has 2 aliphatic rings. The number of nitrogens with zero attached hydrogens (tertiary/aromatic N) is 6. The van der Waals surface area contributed by atoms with Crippen molar-refractivity contribution in [3.63, 3.8) is 0 Å². The monoisotopic (exact) mass is 1050 g/mol. The Kier molecular flexibility index (Phi) is 13.3. The lowest BCUT2D eigenvalue weighted by Gasteiger charge is -2.23. The summed E-state index contributed by atoms with van der Waals surface area (Å²) < 4.78 is 197. The van der Waals surface area contributed by atoms with E-state index in [2.05, 4.69) is 37.7 Å². The molecule has 2 aliphatic carbocycles. The molecule has 1 fully saturated rings. The van der Waals surface area contributed by atoms with E-state index in [-0.39, 0.29) is 42.5 Å². The molecule has 0 aliphatic heterocycles. The zero-order valence-electron chi connectivity index (χ0n) is 36.6. The molecule has 0 unspecified atom stereocenters. The lowest BCUT2D eigenvalue weighted by molar-refractivity contribution is -0.143. The van der Waals surface area contributed by atoms with Gasteiger partial charge in [-0.3, -0.25) is 14.2 Å². The standard InChI is InChI=1S/C42H37ClF10N8O7S2/c1-39(2,69(3,65)66)10-9-23-5-6-24(25-7-8-28(43)32-34(25)60(19-40(46,47)48)58-37(32)61(70(4,67)68)38(64)54-11-12-62)33(55-23)29(15-20-13-21(44)16-22(45)14-20)56-30(63)18-59-36-31(35(57-59)42(51,52)53)26-17-27(26)41(36,49)50/h5-8,13-14,16,26-27,29,62H,11-12,15,17-19H2,1-4H3,(H,54,64)(H,56,63)/t26-,27+,29-/m0/s1. The van der Waals surface area contributed by atoms with E-state index in [0.29, 0.717) is 12.3 Å². The number of amides is 3. The van der Waals surface area contributed by atoms with Crippen molar-refractivity contribution in [3.8, 4) is 23.0 Å². The highest BCUT2D eigenvalue weighted by Crippen LogP contribution is 2.68. The summed E-state index contributed by atoms with van der Waals surface area (Å²) in [6.07, 6.45) is -9.95. The second-order valence-electron chi connectivity index (χ2n) is 17.0. The van der Waals surface area contributed by atoms with Gasteiger partial charge in [-0.25, -0.2) is 35.4 Å². The van der Waals surface area contributed by atoms with Gasteiger partial charge in [0, 0.05) is 41.5 Å². The Balaban J connectivity index is 1.49. The highest BCUT2D eigenvalue weighted by atomic mass is 35.5. The molecule has 2 aromatic carbocycles. The number of aliphatic hydroxyl groups is 1. The summed E-state index contributed by atoms with van der Waals surface area (Å²) in [6.45, 7) is -2.05. The summed E-state index contributed by atoms with van der Waals surface area (Å²) in [5.74, 6) is -6.06. The predicted molar refractivity (Wildman–Crippen MR) is 231 cm³/mol. The lowest BCUT2D eigenvalue weighted by atomic mass is 9.93. The number of sulfone groups is 1. The largest absolute Gasteiger partial charge is 0.435 e. The van der Waals surface area contributed by atoms with Gasteiger partial charge in [-0.05, 0) is 74.4 Å². The molecule has 3 amide bonds. The zero-order valence-corrected chi connectivity index (χ0v) is 39.0. The Morgan fingerprint density at radius 2 is 1.61 bits per heavy atom. The molecule has 0 saturated heterocycles. The van der Waals surface area contributed by atoms with Crippen LogP contribution in [-0.2, 0) is 56.3 Å². The topological polar surface area (TPSA) is 198 Å². The van der Waals surface area contributed by atoms with E-state index in [1.807, 2.05) is 0 Å². The number of sulfonamides is 1. The van der Waals surface area contributed by atoms with Crippen molar-refractivity contribution in [2.75, 3.05) is 30.0 Å². The maximum absolute atomic E-state index is 15.6. The predicted octanol–water partition coefficient (Wildman–Crippen LogP) is 6.76. The fourth-order valence-electron chi connectivity index (χ4n) is 8.04. The summed E-state index contributed by atoms with van der Waals surface area (Å²) >= 11 is 6.57. The molecular weight excluding hydrogens is 1020 g/mol. The Bertz CT molecular complexity index is 3240. The molecule has 15 nitrogen and oxygen atoms in total. The zero-order chi connectivity index (χ0) is 51.8. The number of pyridine rings is 1. The highest BCUT2D eigenvalue weighted by Gasteiger charge is 2.68. The molecule has 3 atom stereocenters. The number of hydrogen-bond acceptors (Lipinski definition) is 10. The molecule has 5 aromatic rings. The average Bonchev–Trinajstić information content (AvgIpc) is 3.73. The molecule has 3 heterocycles. The first kappa shape index (κ1) is 51.9. The minimum Gasteiger partial charge on any atom is -0.395 e. The quantitative estimate of drug-likeness (QED) is 0.0837. The van der Waals surface area contributed by atoms with Gasteiger partial charge >= 0.3 is 18.4 Å². The maximum atomic E-state index is 15.6. The first-order valence-corrected chi connectivity index (χ1v) is 24.5. The highest BCUT2D eigenvalue weighted by molar-refractivity contribution is 7.93. The minimum atomic E-state index is -5.22. The summed E-state index contributed by atoms with van der Waals surface area (Å²) in [5, 5.41) is 19.9. The molecule has 3 aromatic heterocycles. The minimum absolute atomic E-state index is 0.0142. The Morgan fingerprint density at radius 3 is 2.20 bits per heavy atom. The number of benzene rings is 2. The summed E-state index contributed by atoms with van der Waals surface area (Å²) in [6, 6.07) is 3.24. The van der Waals surface area contributed by atoms with Crippen LogP contribution in [0.3, 0.4) is 0 Å². The van der Waals surface area contributed by atoms with Crippen LogP contribution in [0.25, 0.3) is 22.0 Å². The van der Waals surface area contributed by atoms with E-state index in [0.717, 1.165) is 42.7 Å². The van der Waals surface area contributed by atoms with E-state index in [9.17, 15) is 66.7 Å². The number of carbonyl (C=O) groups is 2. The van der Waals surface area contributed by atoms with E-state index in [4.69, 9.17) is 11.6 Å². The number of urea groups is 1. The van der Waals surface area contributed by atoms with Gasteiger partial charge in [-0.1, -0.05) is 23.6 Å². The number of carbonyl (C=O) groups excluding carboxylic acids is 2. The molecule has 70 heavy (non-hydrogen) atoms. The van der Waals surface area contributed by atoms with E-state index < -0.39 is 161 Å². The molecule has 0 spiro atoms. The fourth-order valence-corrected chi connectivity index (χ4v) is 9.32. The van der Waals surface area contributed by atoms with Gasteiger partial charge in [0.25, 0.3) is 5.92 Å². The van der Waals surface area contributed by atoms with Crippen LogP contribution in [0.4, 0.5) is 54.5 Å². The van der Waals surface area contributed by atoms with Crippen molar-refractivity contribution in [2.24, 2.45) is 5.92 Å². The first-order chi connectivity index (χ1) is 32.2. The second kappa shape index (κ2) is 18.0. The SMILES string of the molecule is CC(C)(C#Cc1ccc(-c2ccc(Cl)c3c(N(C(=O)NCCO)S(C)(=O)=O)nn(CC(F)(F)F)c23)c([C@H](Cc2cc(F)cc(F)c2)NC(=O)Cn2nc(C(F)(F)F)c3c2C(F)(F)[C@@H]2C[C@H]32)n1)S(C)(=O)=O. The molecular formula is C42H37ClF10N8O7S2. The van der Waals surface area contributed by atoms with Gasteiger partial charge in [-0.2, -0.15) is 49.6 Å². The third-order valence-electron chi connectivity index (χ3n) is 11.4. The van der Waals surface area contributed by atoms with E-state index in [1.165, 1.54) is 13.8 Å². The average molecular weight is 1060 g/mol. The van der Waals surface area contributed by atoms with Gasteiger partial charge in [0.1, 0.15) is 40.9 Å². The normalized spacial score (nSPS) is 17.1. The summed E-state index contributed by atoms with van der Waals surface area (Å²) in [7, 11) is -8.70. The molecule has 3 N–H and O–H groups in total. The van der Waals surface area contributed by atoms with Crippen LogP contribution < -0.4 is 14.9 Å². The van der Waals surface area contributed by atoms with E-state index in [1.54, 1.807) is 0 Å². The lowest BCUT2D eigenvalue weighted by Crippen LogP contribution is -2.44. The fraction of sp³-hybridized carbons (Fsp3) is 0.405. The number of hydrogen-bond donors (Lipinski definition) is 3. The van der Waals surface area contributed by atoms with Crippen molar-refractivity contribution < 1.29 is 75.4 Å². The van der Waals surface area contributed by atoms with Crippen molar-refractivity contribution >= 4 is 60.1 Å². The molecule has 1 saturated carbocycles. The van der Waals surface area contributed by atoms with Crippen LogP contribution in [0.1, 0.15) is 66.1 Å². The van der Waals surface area contributed by atoms with E-state index >= 15 is 8.78 Å². The Hall–Kier alpha value is -5.98. The number of aromatic nitrogens is 5. The first-order valence-electron chi connectivity index (χ1n) is 20.4. The van der Waals surface area contributed by atoms with Crippen LogP contribution in [0, 0.1) is 29.4 Å². The van der Waals surface area contributed by atoms with Gasteiger partial charge in [0.15, 0.2) is 21.3 Å². The third kappa shape index (κ3) is 10.3. The molecule has 7 rings (SSSR count). The third-order valence-corrected chi connectivity index (χ3v) is 14.7. The number of aliphatic hydroxyl groups excluding tert-OH is 1. The molecule has 0 radical (unpaired) electrons. The van der Waals surface area contributed by atoms with Gasteiger partial charge in [0.05, 0.1) is 40.5 Å². The smallest absolute Gasteiger partial charge is 0.395 e. The van der Waals surface area contributed by atoms with Crippen LogP contribution in [-0.4, -0.2) is 95.0 Å². The molecule has 0 bridgehead atoms.